The van der Waals surface area contributed by atoms with Crippen molar-refractivity contribution >= 4 is 34.8 Å². The molecular weight excluding hydrogens is 334 g/mol. The molecule has 0 saturated carbocycles. The third kappa shape index (κ3) is 4.31. The van der Waals surface area contributed by atoms with Crippen molar-refractivity contribution in [3.8, 4) is 0 Å². The lowest BCUT2D eigenvalue weighted by Gasteiger charge is -2.08. The molecule has 0 aliphatic heterocycles. The van der Waals surface area contributed by atoms with E-state index in [9.17, 15) is 4.79 Å². The highest BCUT2D eigenvalue weighted by molar-refractivity contribution is 6.34. The average molecular weight is 350 g/mol. The minimum atomic E-state index is -0.239. The second-order valence-electron chi connectivity index (χ2n) is 5.48. The number of hydrogen-bond donors (Lipinski definition) is 1. The largest absolute Gasteiger partial charge is 0.322 e. The van der Waals surface area contributed by atoms with Crippen LogP contribution >= 0.6 is 11.6 Å². The Bertz CT molecular complexity index is 923. The monoisotopic (exact) mass is 349 g/mol. The van der Waals surface area contributed by atoms with E-state index in [0.29, 0.717) is 16.3 Å². The van der Waals surface area contributed by atoms with Crippen molar-refractivity contribution in [3.05, 3.63) is 89.0 Å². The lowest BCUT2D eigenvalue weighted by molar-refractivity contribution is 0.102. The number of allylic oxidation sites excluding steroid dienone is 1. The average Bonchev–Trinajstić information content (AvgIpc) is 2.63. The molecule has 5 heteroatoms. The van der Waals surface area contributed by atoms with Crippen LogP contribution in [0, 0.1) is 0 Å². The van der Waals surface area contributed by atoms with Crippen LogP contribution in [0.2, 0.25) is 5.02 Å². The first-order valence-electron chi connectivity index (χ1n) is 7.74. The molecule has 0 bridgehead atoms. The van der Waals surface area contributed by atoms with Crippen LogP contribution in [0.25, 0.3) is 11.6 Å². The summed E-state index contributed by atoms with van der Waals surface area (Å²) in [5, 5.41) is 3.30. The first kappa shape index (κ1) is 16.9. The first-order valence-corrected chi connectivity index (χ1v) is 8.12. The molecule has 0 radical (unpaired) electrons. The summed E-state index contributed by atoms with van der Waals surface area (Å²) in [7, 11) is 0. The molecule has 3 aromatic rings. The lowest BCUT2D eigenvalue weighted by atomic mass is 10.1. The van der Waals surface area contributed by atoms with Crippen LogP contribution in [0.3, 0.4) is 0 Å². The van der Waals surface area contributed by atoms with E-state index in [0.717, 1.165) is 16.8 Å². The fraction of sp³-hybridized carbons (Fsp3) is 0.0500. The molecule has 0 unspecified atom stereocenters. The van der Waals surface area contributed by atoms with E-state index in [4.69, 9.17) is 11.6 Å². The molecule has 2 aromatic carbocycles. The number of benzene rings is 2. The molecule has 0 saturated heterocycles. The zero-order valence-electron chi connectivity index (χ0n) is 13.6. The Morgan fingerprint density at radius 2 is 1.96 bits per heavy atom. The van der Waals surface area contributed by atoms with Gasteiger partial charge in [-0.25, -0.2) is 0 Å². The number of amides is 1. The summed E-state index contributed by atoms with van der Waals surface area (Å²) in [6.45, 7) is 1.97. The second-order valence-corrected chi connectivity index (χ2v) is 5.88. The molecule has 124 valence electrons. The zero-order chi connectivity index (χ0) is 17.6. The van der Waals surface area contributed by atoms with Gasteiger partial charge >= 0.3 is 0 Å². The SMILES string of the molecule is C/C(=C\c1cccc(NC(=O)c2ccccc2Cl)c1)c1cnccn1. The van der Waals surface area contributed by atoms with Gasteiger partial charge in [-0.15, -0.1) is 0 Å². The van der Waals surface area contributed by atoms with Crippen molar-refractivity contribution in [3.63, 3.8) is 0 Å². The normalized spacial score (nSPS) is 11.2. The topological polar surface area (TPSA) is 54.9 Å². The Morgan fingerprint density at radius 3 is 2.72 bits per heavy atom. The second kappa shape index (κ2) is 7.73. The van der Waals surface area contributed by atoms with E-state index in [-0.39, 0.29) is 5.91 Å². The van der Waals surface area contributed by atoms with Crippen molar-refractivity contribution in [1.82, 2.24) is 9.97 Å². The molecule has 1 aromatic heterocycles. The third-order valence-corrected chi connectivity index (χ3v) is 3.94. The number of halogens is 1. The van der Waals surface area contributed by atoms with E-state index >= 15 is 0 Å². The Kier molecular flexibility index (Phi) is 5.21. The number of hydrogen-bond acceptors (Lipinski definition) is 3. The molecule has 0 fully saturated rings. The molecule has 3 rings (SSSR count). The number of anilines is 1. The third-order valence-electron chi connectivity index (χ3n) is 3.61. The van der Waals surface area contributed by atoms with Crippen LogP contribution in [-0.4, -0.2) is 15.9 Å². The number of nitrogens with one attached hydrogen (secondary N) is 1. The molecule has 0 spiro atoms. The summed E-state index contributed by atoms with van der Waals surface area (Å²) in [6.07, 6.45) is 7.01. The van der Waals surface area contributed by atoms with Gasteiger partial charge in [-0.05, 0) is 48.4 Å². The van der Waals surface area contributed by atoms with Crippen LogP contribution in [0.4, 0.5) is 5.69 Å². The fourth-order valence-corrected chi connectivity index (χ4v) is 2.60. The molecule has 4 nitrogen and oxygen atoms in total. The number of rotatable bonds is 4. The van der Waals surface area contributed by atoms with Gasteiger partial charge in [-0.1, -0.05) is 35.9 Å². The molecular formula is C20H16ClN3O. The predicted octanol–water partition coefficient (Wildman–Crippen LogP) is 4.94. The summed E-state index contributed by atoms with van der Waals surface area (Å²) in [4.78, 5) is 20.7. The van der Waals surface area contributed by atoms with E-state index in [1.165, 1.54) is 0 Å². The quantitative estimate of drug-likeness (QED) is 0.725. The summed E-state index contributed by atoms with van der Waals surface area (Å²) in [5.41, 5.74) is 3.90. The van der Waals surface area contributed by atoms with Gasteiger partial charge in [0.05, 0.1) is 22.5 Å². The van der Waals surface area contributed by atoms with Gasteiger partial charge in [0.15, 0.2) is 0 Å². The van der Waals surface area contributed by atoms with Crippen molar-refractivity contribution in [2.45, 2.75) is 6.92 Å². The maximum Gasteiger partial charge on any atom is 0.257 e. The van der Waals surface area contributed by atoms with Gasteiger partial charge < -0.3 is 5.32 Å². The summed E-state index contributed by atoms with van der Waals surface area (Å²) in [6, 6.07) is 14.5. The van der Waals surface area contributed by atoms with Crippen LogP contribution in [0.5, 0.6) is 0 Å². The molecule has 0 atom stereocenters. The smallest absolute Gasteiger partial charge is 0.257 e. The van der Waals surface area contributed by atoms with Gasteiger partial charge in [0, 0.05) is 18.1 Å². The lowest BCUT2D eigenvalue weighted by Crippen LogP contribution is -2.12. The van der Waals surface area contributed by atoms with Gasteiger partial charge in [0.2, 0.25) is 0 Å². The Morgan fingerprint density at radius 1 is 1.12 bits per heavy atom. The minimum Gasteiger partial charge on any atom is -0.322 e. The molecule has 0 aliphatic carbocycles. The minimum absolute atomic E-state index is 0.239. The van der Waals surface area contributed by atoms with Crippen LogP contribution in [-0.2, 0) is 0 Å². The highest BCUT2D eigenvalue weighted by atomic mass is 35.5. The highest BCUT2D eigenvalue weighted by Gasteiger charge is 2.09. The van der Waals surface area contributed by atoms with Crippen molar-refractivity contribution in [1.29, 1.82) is 0 Å². The maximum atomic E-state index is 12.4. The van der Waals surface area contributed by atoms with Crippen LogP contribution in [0.15, 0.2) is 67.1 Å². The molecule has 1 N–H and O–H groups in total. The van der Waals surface area contributed by atoms with E-state index < -0.39 is 0 Å². The Labute approximate surface area is 151 Å². The number of carbonyl (C=O) groups is 1. The summed E-state index contributed by atoms with van der Waals surface area (Å²) < 4.78 is 0. The van der Waals surface area contributed by atoms with Crippen molar-refractivity contribution in [2.24, 2.45) is 0 Å². The molecule has 25 heavy (non-hydrogen) atoms. The molecule has 0 aliphatic rings. The van der Waals surface area contributed by atoms with Crippen molar-refractivity contribution in [2.75, 3.05) is 5.32 Å². The molecule has 1 amide bonds. The van der Waals surface area contributed by atoms with E-state index in [1.807, 2.05) is 37.3 Å². The fourth-order valence-electron chi connectivity index (χ4n) is 2.38. The molecule has 1 heterocycles. The summed E-state index contributed by atoms with van der Waals surface area (Å²) in [5.74, 6) is -0.239. The standard InChI is InChI=1S/C20H16ClN3O/c1-14(19-13-22-9-10-23-19)11-15-5-4-6-16(12-15)24-20(25)17-7-2-3-8-18(17)21/h2-13H,1H3,(H,24,25)/b14-11+. The Hall–Kier alpha value is -2.98. The van der Waals surface area contributed by atoms with Gasteiger partial charge in [0.25, 0.3) is 5.91 Å². The zero-order valence-corrected chi connectivity index (χ0v) is 14.4. The van der Waals surface area contributed by atoms with Crippen molar-refractivity contribution < 1.29 is 4.79 Å². The van der Waals surface area contributed by atoms with E-state index in [1.54, 1.807) is 42.9 Å². The van der Waals surface area contributed by atoms with Gasteiger partial charge in [0.1, 0.15) is 0 Å². The van der Waals surface area contributed by atoms with Crippen LogP contribution in [0.1, 0.15) is 28.5 Å². The predicted molar refractivity (Wildman–Crippen MR) is 101 cm³/mol. The number of aromatic nitrogens is 2. The van der Waals surface area contributed by atoms with Gasteiger partial charge in [-0.2, -0.15) is 0 Å². The maximum absolute atomic E-state index is 12.4. The van der Waals surface area contributed by atoms with Crippen LogP contribution < -0.4 is 5.32 Å². The number of nitrogens with zero attached hydrogens (tertiary/aromatic N) is 2. The highest BCUT2D eigenvalue weighted by Crippen LogP contribution is 2.20. The summed E-state index contributed by atoms with van der Waals surface area (Å²) >= 11 is 6.07. The van der Waals surface area contributed by atoms with Gasteiger partial charge in [-0.3, -0.25) is 14.8 Å². The Balaban J connectivity index is 1.80. The number of carbonyl (C=O) groups excluding carboxylic acids is 1. The van der Waals surface area contributed by atoms with E-state index in [2.05, 4.69) is 15.3 Å². The first-order chi connectivity index (χ1) is 12.1.